The third kappa shape index (κ3) is 5.37. The fourth-order valence-electron chi connectivity index (χ4n) is 3.11. The van der Waals surface area contributed by atoms with Crippen LogP contribution < -0.4 is 5.32 Å². The van der Waals surface area contributed by atoms with Crippen LogP contribution >= 0.6 is 23.2 Å². The summed E-state index contributed by atoms with van der Waals surface area (Å²) in [6, 6.07) is 15.5. The maximum atomic E-state index is 12.4. The first-order valence-electron chi connectivity index (χ1n) is 8.89. The van der Waals surface area contributed by atoms with E-state index in [1.165, 1.54) is 5.56 Å². The van der Waals surface area contributed by atoms with Crippen LogP contribution in [0, 0.1) is 0 Å². The minimum absolute atomic E-state index is 0.127. The van der Waals surface area contributed by atoms with E-state index in [-0.39, 0.29) is 6.03 Å². The smallest absolute Gasteiger partial charge is 0.321 e. The van der Waals surface area contributed by atoms with Crippen molar-refractivity contribution in [2.45, 2.75) is 12.8 Å². The van der Waals surface area contributed by atoms with Gasteiger partial charge in [0.1, 0.15) is 0 Å². The Morgan fingerprint density at radius 2 is 1.73 bits per heavy atom. The second-order valence-corrected chi connectivity index (χ2v) is 7.32. The number of carbonyl (C=O) groups is 1. The highest BCUT2D eigenvalue weighted by molar-refractivity contribution is 6.35. The molecule has 0 aromatic heterocycles. The van der Waals surface area contributed by atoms with E-state index < -0.39 is 0 Å². The Hall–Kier alpha value is -1.75. The SMILES string of the molecule is O=C(Nc1cc(Cl)ccc1Cl)N1CCN(CCCc2ccccc2)CC1. The predicted molar refractivity (Wildman–Crippen MR) is 108 cm³/mol. The summed E-state index contributed by atoms with van der Waals surface area (Å²) in [5.41, 5.74) is 1.93. The van der Waals surface area contributed by atoms with E-state index >= 15 is 0 Å². The van der Waals surface area contributed by atoms with Crippen molar-refractivity contribution in [3.63, 3.8) is 0 Å². The molecule has 1 fully saturated rings. The van der Waals surface area contributed by atoms with Gasteiger partial charge in [-0.2, -0.15) is 0 Å². The molecule has 138 valence electrons. The molecule has 1 heterocycles. The van der Waals surface area contributed by atoms with E-state index in [0.29, 0.717) is 15.7 Å². The summed E-state index contributed by atoms with van der Waals surface area (Å²) in [7, 11) is 0. The van der Waals surface area contributed by atoms with Gasteiger partial charge in [-0.1, -0.05) is 53.5 Å². The molecule has 0 atom stereocenters. The lowest BCUT2D eigenvalue weighted by molar-refractivity contribution is 0.146. The summed E-state index contributed by atoms with van der Waals surface area (Å²) in [5, 5.41) is 3.89. The lowest BCUT2D eigenvalue weighted by Gasteiger charge is -2.34. The fourth-order valence-corrected chi connectivity index (χ4v) is 3.45. The van der Waals surface area contributed by atoms with E-state index in [4.69, 9.17) is 23.2 Å². The summed E-state index contributed by atoms with van der Waals surface area (Å²) < 4.78 is 0. The number of hydrogen-bond acceptors (Lipinski definition) is 2. The molecular weight excluding hydrogens is 369 g/mol. The van der Waals surface area contributed by atoms with E-state index in [1.807, 2.05) is 11.0 Å². The molecule has 0 saturated carbocycles. The Morgan fingerprint density at radius 1 is 1.00 bits per heavy atom. The monoisotopic (exact) mass is 391 g/mol. The molecule has 1 aliphatic rings. The Balaban J connectivity index is 1.41. The molecule has 0 unspecified atom stereocenters. The Bertz CT molecular complexity index is 731. The standard InChI is InChI=1S/C20H23Cl2N3O/c21-17-8-9-18(22)19(15-17)23-20(26)25-13-11-24(12-14-25)10-4-7-16-5-2-1-3-6-16/h1-3,5-6,8-9,15H,4,7,10-14H2,(H,23,26). The van der Waals surface area contributed by atoms with Crippen LogP contribution in [0.1, 0.15) is 12.0 Å². The van der Waals surface area contributed by atoms with Gasteiger partial charge in [-0.05, 0) is 43.1 Å². The zero-order valence-corrected chi connectivity index (χ0v) is 16.1. The molecule has 2 amide bonds. The molecule has 2 aromatic rings. The number of piperazine rings is 1. The maximum Gasteiger partial charge on any atom is 0.321 e. The van der Waals surface area contributed by atoms with Crippen molar-refractivity contribution in [3.8, 4) is 0 Å². The van der Waals surface area contributed by atoms with Crippen LogP contribution in [0.3, 0.4) is 0 Å². The lowest BCUT2D eigenvalue weighted by atomic mass is 10.1. The average molecular weight is 392 g/mol. The molecule has 1 saturated heterocycles. The summed E-state index contributed by atoms with van der Waals surface area (Å²) in [5.74, 6) is 0. The van der Waals surface area contributed by atoms with Gasteiger partial charge in [0.15, 0.2) is 0 Å². The van der Waals surface area contributed by atoms with Crippen molar-refractivity contribution in [1.29, 1.82) is 0 Å². The van der Waals surface area contributed by atoms with Gasteiger partial charge < -0.3 is 10.2 Å². The summed E-state index contributed by atoms with van der Waals surface area (Å²) in [6.07, 6.45) is 2.23. The van der Waals surface area contributed by atoms with Gasteiger partial charge in [0.05, 0.1) is 10.7 Å². The summed E-state index contributed by atoms with van der Waals surface area (Å²) in [4.78, 5) is 16.7. The first-order valence-corrected chi connectivity index (χ1v) is 9.65. The molecule has 0 radical (unpaired) electrons. The number of benzene rings is 2. The normalized spacial score (nSPS) is 15.1. The van der Waals surface area contributed by atoms with Gasteiger partial charge in [-0.3, -0.25) is 4.90 Å². The van der Waals surface area contributed by atoms with Gasteiger partial charge in [-0.25, -0.2) is 4.79 Å². The Morgan fingerprint density at radius 3 is 2.46 bits per heavy atom. The molecule has 4 nitrogen and oxygen atoms in total. The minimum atomic E-state index is -0.127. The number of amides is 2. The van der Waals surface area contributed by atoms with E-state index in [9.17, 15) is 4.79 Å². The third-order valence-corrected chi connectivity index (χ3v) is 5.18. The van der Waals surface area contributed by atoms with Gasteiger partial charge >= 0.3 is 6.03 Å². The van der Waals surface area contributed by atoms with Crippen molar-refractivity contribution < 1.29 is 4.79 Å². The second-order valence-electron chi connectivity index (χ2n) is 6.47. The van der Waals surface area contributed by atoms with Crippen molar-refractivity contribution in [2.75, 3.05) is 38.0 Å². The Kier molecular flexibility index (Phi) is 6.78. The van der Waals surface area contributed by atoms with Gasteiger partial charge in [0, 0.05) is 31.2 Å². The van der Waals surface area contributed by atoms with E-state index in [2.05, 4.69) is 34.5 Å². The van der Waals surface area contributed by atoms with Gasteiger partial charge in [-0.15, -0.1) is 0 Å². The number of nitrogens with zero attached hydrogens (tertiary/aromatic N) is 2. The van der Waals surface area contributed by atoms with Crippen molar-refractivity contribution in [2.24, 2.45) is 0 Å². The molecule has 26 heavy (non-hydrogen) atoms. The van der Waals surface area contributed by atoms with Crippen LogP contribution in [-0.2, 0) is 6.42 Å². The van der Waals surface area contributed by atoms with Crippen LogP contribution in [0.15, 0.2) is 48.5 Å². The second kappa shape index (κ2) is 9.26. The molecule has 0 bridgehead atoms. The van der Waals surface area contributed by atoms with Crippen molar-refractivity contribution in [1.82, 2.24) is 9.80 Å². The van der Waals surface area contributed by atoms with Crippen LogP contribution in [0.5, 0.6) is 0 Å². The molecule has 3 rings (SSSR count). The third-order valence-electron chi connectivity index (χ3n) is 4.61. The molecule has 0 spiro atoms. The topological polar surface area (TPSA) is 35.6 Å². The van der Waals surface area contributed by atoms with Gasteiger partial charge in [0.2, 0.25) is 0 Å². The Labute approximate surface area is 164 Å². The first-order chi connectivity index (χ1) is 12.6. The number of hydrogen-bond donors (Lipinski definition) is 1. The highest BCUT2D eigenvalue weighted by Gasteiger charge is 2.21. The fraction of sp³-hybridized carbons (Fsp3) is 0.350. The van der Waals surface area contributed by atoms with Crippen LogP contribution in [0.4, 0.5) is 10.5 Å². The maximum absolute atomic E-state index is 12.4. The number of carbonyl (C=O) groups excluding carboxylic acids is 1. The van der Waals surface area contributed by atoms with Gasteiger partial charge in [0.25, 0.3) is 0 Å². The molecular formula is C20H23Cl2N3O. The summed E-state index contributed by atoms with van der Waals surface area (Å²) >= 11 is 12.1. The predicted octanol–water partition coefficient (Wildman–Crippen LogP) is 4.78. The number of nitrogens with one attached hydrogen (secondary N) is 1. The molecule has 1 aliphatic heterocycles. The number of anilines is 1. The first kappa shape index (κ1) is 19.0. The van der Waals surface area contributed by atoms with Crippen LogP contribution in [0.25, 0.3) is 0 Å². The zero-order valence-electron chi connectivity index (χ0n) is 14.6. The van der Waals surface area contributed by atoms with E-state index in [1.54, 1.807) is 18.2 Å². The van der Waals surface area contributed by atoms with Crippen LogP contribution in [0.2, 0.25) is 10.0 Å². The summed E-state index contributed by atoms with van der Waals surface area (Å²) in [6.45, 7) is 4.28. The highest BCUT2D eigenvalue weighted by atomic mass is 35.5. The number of urea groups is 1. The average Bonchev–Trinajstić information content (AvgIpc) is 2.66. The van der Waals surface area contributed by atoms with Crippen LogP contribution in [-0.4, -0.2) is 48.6 Å². The van der Waals surface area contributed by atoms with E-state index in [0.717, 1.165) is 45.6 Å². The zero-order chi connectivity index (χ0) is 18.4. The quantitative estimate of drug-likeness (QED) is 0.795. The molecule has 1 N–H and O–H groups in total. The van der Waals surface area contributed by atoms with Crippen molar-refractivity contribution >= 4 is 34.9 Å². The number of halogens is 2. The highest BCUT2D eigenvalue weighted by Crippen LogP contribution is 2.25. The minimum Gasteiger partial charge on any atom is -0.322 e. The number of aryl methyl sites for hydroxylation is 1. The molecule has 0 aliphatic carbocycles. The molecule has 2 aromatic carbocycles. The lowest BCUT2D eigenvalue weighted by Crippen LogP contribution is -2.50. The largest absolute Gasteiger partial charge is 0.322 e. The molecule has 6 heteroatoms. The number of rotatable bonds is 5. The van der Waals surface area contributed by atoms with Crippen molar-refractivity contribution in [3.05, 3.63) is 64.1 Å².